The average molecular weight is 202 g/mol. The van der Waals surface area contributed by atoms with E-state index >= 15 is 0 Å². The fourth-order valence-corrected chi connectivity index (χ4v) is 1.61. The number of esters is 1. The SMILES string of the molecule is COC(=O)C(CO)N1CCN(C)CC1. The van der Waals surface area contributed by atoms with Crippen molar-refractivity contribution in [2.24, 2.45) is 0 Å². The van der Waals surface area contributed by atoms with Gasteiger partial charge in [0.15, 0.2) is 0 Å². The molecule has 14 heavy (non-hydrogen) atoms. The number of hydrogen-bond acceptors (Lipinski definition) is 5. The molecule has 1 fully saturated rings. The van der Waals surface area contributed by atoms with Gasteiger partial charge in [-0.05, 0) is 7.05 Å². The molecular formula is C9H18N2O3. The van der Waals surface area contributed by atoms with Gasteiger partial charge in [0, 0.05) is 26.2 Å². The summed E-state index contributed by atoms with van der Waals surface area (Å²) in [6.07, 6.45) is 0. The number of rotatable bonds is 3. The fourth-order valence-electron chi connectivity index (χ4n) is 1.61. The minimum atomic E-state index is -0.492. The van der Waals surface area contributed by atoms with Crippen molar-refractivity contribution in [2.75, 3.05) is 46.9 Å². The molecule has 1 atom stereocenters. The predicted molar refractivity (Wildman–Crippen MR) is 52.0 cm³/mol. The summed E-state index contributed by atoms with van der Waals surface area (Å²) in [6.45, 7) is 3.28. The highest BCUT2D eigenvalue weighted by atomic mass is 16.5. The van der Waals surface area contributed by atoms with Crippen LogP contribution in [0.5, 0.6) is 0 Å². The normalized spacial score (nSPS) is 21.9. The van der Waals surface area contributed by atoms with E-state index in [-0.39, 0.29) is 12.6 Å². The number of nitrogens with zero attached hydrogens (tertiary/aromatic N) is 2. The maximum absolute atomic E-state index is 11.3. The summed E-state index contributed by atoms with van der Waals surface area (Å²) in [5.74, 6) is -0.350. The lowest BCUT2D eigenvalue weighted by Gasteiger charge is -2.35. The average Bonchev–Trinajstić information content (AvgIpc) is 2.21. The minimum absolute atomic E-state index is 0.170. The second-order valence-electron chi connectivity index (χ2n) is 3.56. The Hall–Kier alpha value is -0.650. The Labute approximate surface area is 84.2 Å². The van der Waals surface area contributed by atoms with E-state index in [2.05, 4.69) is 9.64 Å². The van der Waals surface area contributed by atoms with Crippen LogP contribution in [0.1, 0.15) is 0 Å². The molecule has 0 aromatic heterocycles. The van der Waals surface area contributed by atoms with Crippen LogP contribution in [0.2, 0.25) is 0 Å². The van der Waals surface area contributed by atoms with Gasteiger partial charge in [0.25, 0.3) is 0 Å². The molecule has 1 unspecified atom stereocenters. The first kappa shape index (κ1) is 11.4. The Morgan fingerprint density at radius 3 is 2.43 bits per heavy atom. The van der Waals surface area contributed by atoms with Gasteiger partial charge in [-0.15, -0.1) is 0 Å². The van der Waals surface area contributed by atoms with Crippen LogP contribution in [0.25, 0.3) is 0 Å². The third kappa shape index (κ3) is 2.67. The molecule has 0 spiro atoms. The summed E-state index contributed by atoms with van der Waals surface area (Å²) < 4.78 is 4.63. The molecule has 1 aliphatic heterocycles. The van der Waals surface area contributed by atoms with Crippen LogP contribution < -0.4 is 0 Å². The Morgan fingerprint density at radius 2 is 2.00 bits per heavy atom. The summed E-state index contributed by atoms with van der Waals surface area (Å²) in [4.78, 5) is 15.4. The van der Waals surface area contributed by atoms with Crippen molar-refractivity contribution in [3.63, 3.8) is 0 Å². The molecule has 0 radical (unpaired) electrons. The summed E-state index contributed by atoms with van der Waals surface area (Å²) in [5, 5.41) is 9.09. The van der Waals surface area contributed by atoms with Crippen LogP contribution in [0.3, 0.4) is 0 Å². The van der Waals surface area contributed by atoms with Crippen LogP contribution in [0, 0.1) is 0 Å². The van der Waals surface area contributed by atoms with Crippen molar-refractivity contribution in [3.05, 3.63) is 0 Å². The number of carbonyl (C=O) groups is 1. The highest BCUT2D eigenvalue weighted by Crippen LogP contribution is 2.06. The van der Waals surface area contributed by atoms with Gasteiger partial charge in [-0.2, -0.15) is 0 Å². The quantitative estimate of drug-likeness (QED) is 0.581. The standard InChI is InChI=1S/C9H18N2O3/c1-10-3-5-11(6-4-10)8(7-12)9(13)14-2/h8,12H,3-7H2,1-2H3. The molecule has 5 heteroatoms. The monoisotopic (exact) mass is 202 g/mol. The van der Waals surface area contributed by atoms with E-state index in [0.29, 0.717) is 0 Å². The smallest absolute Gasteiger partial charge is 0.325 e. The molecule has 1 N–H and O–H groups in total. The molecule has 1 heterocycles. The van der Waals surface area contributed by atoms with Crippen LogP contribution in [0.15, 0.2) is 0 Å². The third-order valence-corrected chi connectivity index (χ3v) is 2.62. The van der Waals surface area contributed by atoms with Gasteiger partial charge in [0.2, 0.25) is 0 Å². The Kier molecular flexibility index (Phi) is 4.31. The maximum atomic E-state index is 11.3. The highest BCUT2D eigenvalue weighted by Gasteiger charge is 2.28. The van der Waals surface area contributed by atoms with Crippen LogP contribution in [0.4, 0.5) is 0 Å². The predicted octanol–water partition coefficient (Wildman–Crippen LogP) is -1.23. The largest absolute Gasteiger partial charge is 0.468 e. The molecule has 0 amide bonds. The zero-order chi connectivity index (χ0) is 10.6. The van der Waals surface area contributed by atoms with E-state index in [1.54, 1.807) is 0 Å². The first-order valence-corrected chi connectivity index (χ1v) is 4.80. The van der Waals surface area contributed by atoms with Crippen molar-refractivity contribution in [1.82, 2.24) is 9.80 Å². The zero-order valence-electron chi connectivity index (χ0n) is 8.77. The third-order valence-electron chi connectivity index (χ3n) is 2.62. The van der Waals surface area contributed by atoms with Crippen LogP contribution >= 0.6 is 0 Å². The number of piperazine rings is 1. The van der Waals surface area contributed by atoms with Crippen LogP contribution in [-0.2, 0) is 9.53 Å². The Bertz CT molecular complexity index is 190. The van der Waals surface area contributed by atoms with Gasteiger partial charge in [0.05, 0.1) is 13.7 Å². The first-order chi connectivity index (χ1) is 6.69. The number of methoxy groups -OCH3 is 1. The van der Waals surface area contributed by atoms with Crippen molar-refractivity contribution >= 4 is 5.97 Å². The van der Waals surface area contributed by atoms with Gasteiger partial charge in [0.1, 0.15) is 6.04 Å². The van der Waals surface area contributed by atoms with Crippen LogP contribution in [-0.4, -0.2) is 73.9 Å². The van der Waals surface area contributed by atoms with Gasteiger partial charge >= 0.3 is 5.97 Å². The molecule has 0 bridgehead atoms. The number of ether oxygens (including phenoxy) is 1. The lowest BCUT2D eigenvalue weighted by atomic mass is 10.2. The molecule has 0 aromatic rings. The molecular weight excluding hydrogens is 184 g/mol. The topological polar surface area (TPSA) is 53.0 Å². The Morgan fingerprint density at radius 1 is 1.43 bits per heavy atom. The number of likely N-dealkylation sites (N-methyl/N-ethyl adjacent to an activating group) is 1. The van der Waals surface area contributed by atoms with E-state index in [1.165, 1.54) is 7.11 Å². The van der Waals surface area contributed by atoms with Crippen molar-refractivity contribution in [3.8, 4) is 0 Å². The van der Waals surface area contributed by atoms with E-state index in [4.69, 9.17) is 5.11 Å². The summed E-state index contributed by atoms with van der Waals surface area (Å²) in [7, 11) is 3.39. The lowest BCUT2D eigenvalue weighted by Crippen LogP contribution is -2.53. The van der Waals surface area contributed by atoms with Crippen molar-refractivity contribution in [2.45, 2.75) is 6.04 Å². The van der Waals surface area contributed by atoms with E-state index in [9.17, 15) is 4.79 Å². The molecule has 0 saturated carbocycles. The minimum Gasteiger partial charge on any atom is -0.468 e. The van der Waals surface area contributed by atoms with Gasteiger partial charge < -0.3 is 14.7 Å². The molecule has 1 rings (SSSR count). The van der Waals surface area contributed by atoms with Gasteiger partial charge in [-0.3, -0.25) is 9.69 Å². The molecule has 0 aromatic carbocycles. The van der Waals surface area contributed by atoms with Crippen molar-refractivity contribution < 1.29 is 14.6 Å². The first-order valence-electron chi connectivity index (χ1n) is 4.80. The van der Waals surface area contributed by atoms with Crippen molar-refractivity contribution in [1.29, 1.82) is 0 Å². The zero-order valence-corrected chi connectivity index (χ0v) is 8.77. The summed E-state index contributed by atoms with van der Waals surface area (Å²) in [5.41, 5.74) is 0. The maximum Gasteiger partial charge on any atom is 0.325 e. The number of aliphatic hydroxyl groups excluding tert-OH is 1. The molecule has 5 nitrogen and oxygen atoms in total. The summed E-state index contributed by atoms with van der Waals surface area (Å²) in [6, 6.07) is -0.492. The Balaban J connectivity index is 2.48. The van der Waals surface area contributed by atoms with Gasteiger partial charge in [-0.25, -0.2) is 0 Å². The lowest BCUT2D eigenvalue weighted by molar-refractivity contribution is -0.149. The number of aliphatic hydroxyl groups is 1. The number of hydrogen-bond donors (Lipinski definition) is 1. The highest BCUT2D eigenvalue weighted by molar-refractivity contribution is 5.75. The second-order valence-corrected chi connectivity index (χ2v) is 3.56. The number of carbonyl (C=O) groups excluding carboxylic acids is 1. The molecule has 82 valence electrons. The van der Waals surface area contributed by atoms with E-state index in [0.717, 1.165) is 26.2 Å². The molecule has 1 aliphatic rings. The molecule has 1 saturated heterocycles. The molecule has 0 aliphatic carbocycles. The van der Waals surface area contributed by atoms with E-state index < -0.39 is 6.04 Å². The fraction of sp³-hybridized carbons (Fsp3) is 0.889. The summed E-state index contributed by atoms with van der Waals surface area (Å²) >= 11 is 0. The van der Waals surface area contributed by atoms with Gasteiger partial charge in [-0.1, -0.05) is 0 Å². The van der Waals surface area contributed by atoms with E-state index in [1.807, 2.05) is 11.9 Å². The second kappa shape index (κ2) is 5.29.